The number of nitrogens with zero attached hydrogens (tertiary/aromatic N) is 1. The van der Waals surface area contributed by atoms with Crippen LogP contribution in [0.1, 0.15) is 33.6 Å². The molecule has 98 valence electrons. The number of likely N-dealkylation sites (tertiary alicyclic amines) is 1. The Labute approximate surface area is 109 Å². The predicted octanol–water partition coefficient (Wildman–Crippen LogP) is 0.899. The van der Waals surface area contributed by atoms with Crippen LogP contribution in [0.3, 0.4) is 0 Å². The molecule has 0 atom stereocenters. The quantitative estimate of drug-likeness (QED) is 0.738. The van der Waals surface area contributed by atoms with Crippen LogP contribution in [0, 0.1) is 5.41 Å². The maximum absolute atomic E-state index is 11.8. The van der Waals surface area contributed by atoms with Crippen LogP contribution in [-0.2, 0) is 4.79 Å². The third-order valence-electron chi connectivity index (χ3n) is 2.98. The lowest BCUT2D eigenvalue weighted by Gasteiger charge is -2.33. The Morgan fingerprint density at radius 3 is 2.35 bits per heavy atom. The molecule has 1 aliphatic heterocycles. The molecular formula is C12H23N3OS. The minimum atomic E-state index is -0.310. The molecule has 0 unspecified atom stereocenters. The summed E-state index contributed by atoms with van der Waals surface area (Å²) in [5.74, 6) is 0.130. The maximum atomic E-state index is 11.8. The monoisotopic (exact) mass is 257 g/mol. The molecular weight excluding hydrogens is 234 g/mol. The Bertz CT molecular complexity index is 291. The van der Waals surface area contributed by atoms with Crippen LogP contribution in [0.4, 0.5) is 0 Å². The summed E-state index contributed by atoms with van der Waals surface area (Å²) in [4.78, 5) is 14.6. The Morgan fingerprint density at radius 1 is 1.41 bits per heavy atom. The summed E-state index contributed by atoms with van der Waals surface area (Å²) in [6.07, 6.45) is 1.95. The van der Waals surface area contributed by atoms with Crippen molar-refractivity contribution in [1.82, 2.24) is 10.2 Å². The van der Waals surface area contributed by atoms with E-state index in [9.17, 15) is 4.79 Å². The van der Waals surface area contributed by atoms with Crippen molar-refractivity contribution < 1.29 is 4.79 Å². The van der Waals surface area contributed by atoms with Crippen molar-refractivity contribution in [3.63, 3.8) is 0 Å². The molecule has 0 aromatic heterocycles. The van der Waals surface area contributed by atoms with Crippen molar-refractivity contribution in [1.29, 1.82) is 0 Å². The van der Waals surface area contributed by atoms with Crippen molar-refractivity contribution in [3.8, 4) is 0 Å². The van der Waals surface area contributed by atoms with E-state index in [0.29, 0.717) is 17.6 Å². The highest BCUT2D eigenvalue weighted by Crippen LogP contribution is 2.16. The molecule has 0 saturated carbocycles. The molecule has 1 amide bonds. The van der Waals surface area contributed by atoms with Crippen molar-refractivity contribution in [2.45, 2.75) is 39.7 Å². The van der Waals surface area contributed by atoms with Gasteiger partial charge < -0.3 is 11.1 Å². The molecule has 4 nitrogen and oxygen atoms in total. The Balaban J connectivity index is 2.33. The summed E-state index contributed by atoms with van der Waals surface area (Å²) in [5, 5.41) is 3.10. The number of carbonyl (C=O) groups excluding carboxylic acids is 1. The molecule has 5 heteroatoms. The number of hydrogen-bond acceptors (Lipinski definition) is 3. The summed E-state index contributed by atoms with van der Waals surface area (Å²) in [6, 6.07) is 0.296. The van der Waals surface area contributed by atoms with E-state index in [1.165, 1.54) is 0 Å². The second-order valence-electron chi connectivity index (χ2n) is 5.74. The van der Waals surface area contributed by atoms with Crippen LogP contribution in [0.25, 0.3) is 0 Å². The summed E-state index contributed by atoms with van der Waals surface area (Å²) >= 11 is 4.89. The predicted molar refractivity (Wildman–Crippen MR) is 73.8 cm³/mol. The summed E-state index contributed by atoms with van der Waals surface area (Å²) in [5.41, 5.74) is 5.21. The molecule has 0 aliphatic carbocycles. The van der Waals surface area contributed by atoms with Gasteiger partial charge >= 0.3 is 0 Å². The average molecular weight is 257 g/mol. The number of piperidine rings is 1. The van der Waals surface area contributed by atoms with E-state index in [1.54, 1.807) is 0 Å². The van der Waals surface area contributed by atoms with Crippen molar-refractivity contribution in [3.05, 3.63) is 0 Å². The molecule has 1 fully saturated rings. The highest BCUT2D eigenvalue weighted by Gasteiger charge is 2.26. The molecule has 0 aromatic rings. The van der Waals surface area contributed by atoms with Gasteiger partial charge in [0.15, 0.2) is 0 Å². The fraction of sp³-hybridized carbons (Fsp3) is 0.833. The topological polar surface area (TPSA) is 58.4 Å². The molecule has 0 radical (unpaired) electrons. The van der Waals surface area contributed by atoms with E-state index >= 15 is 0 Å². The normalized spacial score (nSPS) is 19.0. The highest BCUT2D eigenvalue weighted by molar-refractivity contribution is 7.80. The van der Waals surface area contributed by atoms with Gasteiger partial charge in [0.1, 0.15) is 0 Å². The largest absolute Gasteiger partial charge is 0.392 e. The number of carbonyl (C=O) groups is 1. The number of nitrogens with one attached hydrogen (secondary N) is 1. The fourth-order valence-corrected chi connectivity index (χ4v) is 2.04. The second kappa shape index (κ2) is 5.78. The molecule has 1 aliphatic rings. The Morgan fingerprint density at radius 2 is 1.94 bits per heavy atom. The molecule has 3 N–H and O–H groups in total. The number of nitrogens with two attached hydrogens (primary N) is 1. The van der Waals surface area contributed by atoms with Crippen molar-refractivity contribution in [2.75, 3.05) is 19.6 Å². The van der Waals surface area contributed by atoms with Crippen LogP contribution in [0.15, 0.2) is 0 Å². The van der Waals surface area contributed by atoms with Crippen molar-refractivity contribution in [2.24, 2.45) is 11.1 Å². The van der Waals surface area contributed by atoms with Gasteiger partial charge in [0.05, 0.1) is 4.99 Å². The molecule has 1 rings (SSSR count). The lowest BCUT2D eigenvalue weighted by molar-refractivity contribution is -0.129. The van der Waals surface area contributed by atoms with Gasteiger partial charge in [-0.25, -0.2) is 0 Å². The standard InChI is InChI=1S/C12H23N3OS/c1-12(2,3)11(16)14-9-4-6-15(7-5-9)8-10(13)17/h9H,4-8H2,1-3H3,(H2,13,17)(H,14,16). The van der Waals surface area contributed by atoms with Crippen molar-refractivity contribution >= 4 is 23.1 Å². The average Bonchev–Trinajstić information content (AvgIpc) is 2.18. The molecule has 17 heavy (non-hydrogen) atoms. The highest BCUT2D eigenvalue weighted by atomic mass is 32.1. The smallest absolute Gasteiger partial charge is 0.225 e. The second-order valence-corrected chi connectivity index (χ2v) is 6.26. The first kappa shape index (κ1) is 14.4. The van der Waals surface area contributed by atoms with Gasteiger partial charge in [-0.15, -0.1) is 0 Å². The summed E-state index contributed by atoms with van der Waals surface area (Å²) < 4.78 is 0. The Kier molecular flexibility index (Phi) is 4.89. The first-order valence-corrected chi connectivity index (χ1v) is 6.51. The van der Waals surface area contributed by atoms with Gasteiger partial charge in [-0.2, -0.15) is 0 Å². The van der Waals surface area contributed by atoms with E-state index < -0.39 is 0 Å². The van der Waals surface area contributed by atoms with Crippen LogP contribution >= 0.6 is 12.2 Å². The maximum Gasteiger partial charge on any atom is 0.225 e. The molecule has 1 saturated heterocycles. The van der Waals surface area contributed by atoms with E-state index in [0.717, 1.165) is 25.9 Å². The minimum absolute atomic E-state index is 0.130. The van der Waals surface area contributed by atoms with E-state index in [-0.39, 0.29) is 11.3 Å². The van der Waals surface area contributed by atoms with Crippen LogP contribution in [0.2, 0.25) is 0 Å². The zero-order chi connectivity index (χ0) is 13.1. The zero-order valence-electron chi connectivity index (χ0n) is 11.0. The third kappa shape index (κ3) is 5.00. The number of hydrogen-bond donors (Lipinski definition) is 2. The van der Waals surface area contributed by atoms with Gasteiger partial charge in [0.25, 0.3) is 0 Å². The molecule has 1 heterocycles. The first-order chi connectivity index (χ1) is 7.79. The third-order valence-corrected chi connectivity index (χ3v) is 3.11. The number of thiocarbonyl (C=S) groups is 1. The Hall–Kier alpha value is -0.680. The van der Waals surface area contributed by atoms with E-state index in [4.69, 9.17) is 18.0 Å². The van der Waals surface area contributed by atoms with Gasteiger partial charge in [0.2, 0.25) is 5.91 Å². The zero-order valence-corrected chi connectivity index (χ0v) is 11.8. The molecule has 0 spiro atoms. The van der Waals surface area contributed by atoms with Gasteiger partial charge in [-0.1, -0.05) is 33.0 Å². The lowest BCUT2D eigenvalue weighted by atomic mass is 9.94. The van der Waals surface area contributed by atoms with Crippen LogP contribution < -0.4 is 11.1 Å². The molecule has 0 bridgehead atoms. The first-order valence-electron chi connectivity index (χ1n) is 6.10. The van der Waals surface area contributed by atoms with Crippen LogP contribution in [-0.4, -0.2) is 41.5 Å². The number of amides is 1. The van der Waals surface area contributed by atoms with Gasteiger partial charge in [0, 0.05) is 31.1 Å². The number of rotatable bonds is 3. The van der Waals surface area contributed by atoms with E-state index in [1.807, 2.05) is 20.8 Å². The van der Waals surface area contributed by atoms with Crippen LogP contribution in [0.5, 0.6) is 0 Å². The van der Waals surface area contributed by atoms with Gasteiger partial charge in [-0.3, -0.25) is 9.69 Å². The fourth-order valence-electron chi connectivity index (χ4n) is 1.86. The summed E-state index contributed by atoms with van der Waals surface area (Å²) in [7, 11) is 0. The van der Waals surface area contributed by atoms with Gasteiger partial charge in [-0.05, 0) is 12.8 Å². The summed E-state index contributed by atoms with van der Waals surface area (Å²) in [6.45, 7) is 8.40. The van der Waals surface area contributed by atoms with E-state index in [2.05, 4.69) is 10.2 Å². The molecule has 0 aromatic carbocycles. The lowest BCUT2D eigenvalue weighted by Crippen LogP contribution is -2.48. The minimum Gasteiger partial charge on any atom is -0.392 e. The SMILES string of the molecule is CC(C)(C)C(=O)NC1CCN(CC(N)=S)CC1.